The van der Waals surface area contributed by atoms with E-state index in [0.29, 0.717) is 25.4 Å². The first kappa shape index (κ1) is 20.2. The molecule has 2 aliphatic rings. The molecule has 1 aromatic rings. The van der Waals surface area contributed by atoms with Crippen molar-refractivity contribution in [2.45, 2.75) is 43.5 Å². The summed E-state index contributed by atoms with van der Waals surface area (Å²) in [5.74, 6) is -0.927. The largest absolute Gasteiger partial charge is 0.354 e. The number of piperidine rings is 1. The number of sulfonamides is 1. The maximum atomic E-state index is 13.9. The number of nitrogens with one attached hydrogen (secondary N) is 1. The van der Waals surface area contributed by atoms with Gasteiger partial charge >= 0.3 is 0 Å². The molecule has 0 aliphatic carbocycles. The van der Waals surface area contributed by atoms with E-state index in [0.717, 1.165) is 25.6 Å². The van der Waals surface area contributed by atoms with Gasteiger partial charge in [0.25, 0.3) is 0 Å². The first-order valence-electron chi connectivity index (χ1n) is 9.70. The average Bonchev–Trinajstić information content (AvgIpc) is 3.14. The predicted octanol–water partition coefficient (Wildman–Crippen LogP) is 1.83. The summed E-state index contributed by atoms with van der Waals surface area (Å²) in [6, 6.07) is 5.81. The molecule has 2 heterocycles. The average molecular weight is 398 g/mol. The summed E-state index contributed by atoms with van der Waals surface area (Å²) in [4.78, 5) is 14.6. The molecule has 150 valence electrons. The monoisotopic (exact) mass is 397 g/mol. The summed E-state index contributed by atoms with van der Waals surface area (Å²) in [5, 5.41) is 3.04. The van der Waals surface area contributed by atoms with E-state index in [9.17, 15) is 17.6 Å². The maximum absolute atomic E-state index is 13.9. The zero-order valence-corrected chi connectivity index (χ0v) is 16.5. The van der Waals surface area contributed by atoms with E-state index in [-0.39, 0.29) is 29.8 Å². The van der Waals surface area contributed by atoms with Gasteiger partial charge in [-0.25, -0.2) is 12.8 Å². The molecule has 27 heavy (non-hydrogen) atoms. The fourth-order valence-electron chi connectivity index (χ4n) is 4.06. The van der Waals surface area contributed by atoms with Crippen LogP contribution < -0.4 is 5.32 Å². The lowest BCUT2D eigenvalue weighted by molar-refractivity contribution is -0.126. The van der Waals surface area contributed by atoms with Crippen molar-refractivity contribution in [2.24, 2.45) is 5.92 Å². The molecular formula is C19H28FN3O3S. The van der Waals surface area contributed by atoms with Gasteiger partial charge in [0.15, 0.2) is 0 Å². The maximum Gasteiger partial charge on any atom is 0.245 e. The Morgan fingerprint density at radius 3 is 2.56 bits per heavy atom. The molecule has 1 aromatic carbocycles. The van der Waals surface area contributed by atoms with Crippen molar-refractivity contribution in [1.29, 1.82) is 0 Å². The van der Waals surface area contributed by atoms with E-state index in [1.165, 1.54) is 28.9 Å². The molecule has 0 unspecified atom stereocenters. The Kier molecular flexibility index (Phi) is 6.49. The van der Waals surface area contributed by atoms with Gasteiger partial charge in [-0.05, 0) is 50.9 Å². The number of likely N-dealkylation sites (tertiary alicyclic amines) is 1. The number of carbonyl (C=O) groups is 1. The standard InChI is InChI=1S/C19H28FN3O3S/c1-2-22-11-5-6-16(22)14-21-19(24)15-9-12-23(13-10-15)27(25,26)18-8-4-3-7-17(18)20/h3-4,7-8,15-16H,2,5-6,9-14H2,1H3,(H,21,24)/t16-/m0/s1. The Bertz CT molecular complexity index is 763. The quantitative estimate of drug-likeness (QED) is 0.795. The van der Waals surface area contributed by atoms with Gasteiger partial charge in [0.05, 0.1) is 0 Å². The molecule has 2 fully saturated rings. The number of amides is 1. The molecule has 0 spiro atoms. The summed E-state index contributed by atoms with van der Waals surface area (Å²) in [6.07, 6.45) is 3.19. The predicted molar refractivity (Wildman–Crippen MR) is 101 cm³/mol. The van der Waals surface area contributed by atoms with Crippen LogP contribution in [0.5, 0.6) is 0 Å². The Morgan fingerprint density at radius 1 is 1.19 bits per heavy atom. The lowest BCUT2D eigenvalue weighted by Gasteiger charge is -2.31. The Morgan fingerprint density at radius 2 is 1.89 bits per heavy atom. The Hall–Kier alpha value is -1.51. The third-order valence-electron chi connectivity index (χ3n) is 5.70. The van der Waals surface area contributed by atoms with Crippen LogP contribution in [0, 0.1) is 11.7 Å². The number of hydrogen-bond acceptors (Lipinski definition) is 4. The molecule has 2 aliphatic heterocycles. The number of nitrogens with zero attached hydrogens (tertiary/aromatic N) is 2. The highest BCUT2D eigenvalue weighted by Gasteiger charge is 2.33. The van der Waals surface area contributed by atoms with Gasteiger partial charge in [-0.1, -0.05) is 19.1 Å². The van der Waals surface area contributed by atoms with E-state index in [1.807, 2.05) is 0 Å². The number of halogens is 1. The van der Waals surface area contributed by atoms with Gasteiger partial charge in [0.1, 0.15) is 10.7 Å². The van der Waals surface area contributed by atoms with Crippen molar-refractivity contribution in [1.82, 2.24) is 14.5 Å². The van der Waals surface area contributed by atoms with E-state index < -0.39 is 15.8 Å². The van der Waals surface area contributed by atoms with Crippen molar-refractivity contribution in [2.75, 3.05) is 32.7 Å². The number of hydrogen-bond donors (Lipinski definition) is 1. The van der Waals surface area contributed by atoms with Crippen LogP contribution in [0.4, 0.5) is 4.39 Å². The molecule has 0 saturated carbocycles. The van der Waals surface area contributed by atoms with Crippen LogP contribution in [0.25, 0.3) is 0 Å². The van der Waals surface area contributed by atoms with Crippen LogP contribution in [-0.2, 0) is 14.8 Å². The molecule has 3 rings (SSSR count). The number of likely N-dealkylation sites (N-methyl/N-ethyl adjacent to an activating group) is 1. The molecule has 2 saturated heterocycles. The third-order valence-corrected chi connectivity index (χ3v) is 7.63. The Labute approximate surface area is 160 Å². The molecule has 8 heteroatoms. The molecule has 0 aromatic heterocycles. The topological polar surface area (TPSA) is 69.7 Å². The fourth-order valence-corrected chi connectivity index (χ4v) is 5.59. The highest BCUT2D eigenvalue weighted by Crippen LogP contribution is 2.25. The molecule has 0 bridgehead atoms. The molecule has 1 atom stereocenters. The number of carbonyl (C=O) groups excluding carboxylic acids is 1. The second-order valence-electron chi connectivity index (χ2n) is 7.28. The van der Waals surface area contributed by atoms with Crippen LogP contribution >= 0.6 is 0 Å². The second kappa shape index (κ2) is 8.67. The summed E-state index contributed by atoms with van der Waals surface area (Å²) < 4.78 is 40.4. The molecule has 0 radical (unpaired) electrons. The zero-order valence-electron chi connectivity index (χ0n) is 15.7. The van der Waals surface area contributed by atoms with E-state index in [2.05, 4.69) is 17.1 Å². The second-order valence-corrected chi connectivity index (χ2v) is 9.18. The Balaban J connectivity index is 1.52. The van der Waals surface area contributed by atoms with Gasteiger partial charge in [0.2, 0.25) is 15.9 Å². The minimum atomic E-state index is -3.86. The molecule has 1 amide bonds. The van der Waals surface area contributed by atoms with Gasteiger partial charge < -0.3 is 5.32 Å². The third kappa shape index (κ3) is 4.50. The molecule has 6 nitrogen and oxygen atoms in total. The van der Waals surface area contributed by atoms with Gasteiger partial charge in [-0.3, -0.25) is 9.69 Å². The lowest BCUT2D eigenvalue weighted by Crippen LogP contribution is -2.46. The van der Waals surface area contributed by atoms with Crippen LogP contribution in [0.1, 0.15) is 32.6 Å². The highest BCUT2D eigenvalue weighted by molar-refractivity contribution is 7.89. The van der Waals surface area contributed by atoms with E-state index in [4.69, 9.17) is 0 Å². The summed E-state index contributed by atoms with van der Waals surface area (Å²) in [5.41, 5.74) is 0. The van der Waals surface area contributed by atoms with Crippen LogP contribution in [0.15, 0.2) is 29.2 Å². The van der Waals surface area contributed by atoms with Crippen molar-refractivity contribution in [3.63, 3.8) is 0 Å². The summed E-state index contributed by atoms with van der Waals surface area (Å²) >= 11 is 0. The SMILES string of the molecule is CCN1CCC[C@H]1CNC(=O)C1CCN(S(=O)(=O)c2ccccc2F)CC1. The van der Waals surface area contributed by atoms with Crippen LogP contribution in [0.2, 0.25) is 0 Å². The summed E-state index contributed by atoms with van der Waals surface area (Å²) in [7, 11) is -3.86. The minimum Gasteiger partial charge on any atom is -0.354 e. The normalized spacial score (nSPS) is 22.8. The van der Waals surface area contributed by atoms with Gasteiger partial charge in [-0.15, -0.1) is 0 Å². The number of rotatable bonds is 6. The minimum absolute atomic E-state index is 0.000827. The smallest absolute Gasteiger partial charge is 0.245 e. The van der Waals surface area contributed by atoms with E-state index in [1.54, 1.807) is 0 Å². The van der Waals surface area contributed by atoms with Crippen molar-refractivity contribution < 1.29 is 17.6 Å². The van der Waals surface area contributed by atoms with Crippen molar-refractivity contribution >= 4 is 15.9 Å². The zero-order chi connectivity index (χ0) is 19.4. The molecular weight excluding hydrogens is 369 g/mol. The fraction of sp³-hybridized carbons (Fsp3) is 0.632. The van der Waals surface area contributed by atoms with Crippen LogP contribution in [0.3, 0.4) is 0 Å². The van der Waals surface area contributed by atoms with Crippen molar-refractivity contribution in [3.05, 3.63) is 30.1 Å². The van der Waals surface area contributed by atoms with E-state index >= 15 is 0 Å². The van der Waals surface area contributed by atoms with Crippen LogP contribution in [-0.4, -0.2) is 62.3 Å². The van der Waals surface area contributed by atoms with Crippen molar-refractivity contribution in [3.8, 4) is 0 Å². The van der Waals surface area contributed by atoms with Gasteiger partial charge in [0, 0.05) is 31.6 Å². The summed E-state index contributed by atoms with van der Waals surface area (Å²) in [6.45, 7) is 5.33. The first-order valence-corrected chi connectivity index (χ1v) is 11.1. The van der Waals surface area contributed by atoms with Gasteiger partial charge in [-0.2, -0.15) is 4.31 Å². The highest BCUT2D eigenvalue weighted by atomic mass is 32.2. The number of benzene rings is 1. The lowest BCUT2D eigenvalue weighted by atomic mass is 9.97. The molecule has 1 N–H and O–H groups in total. The first-order chi connectivity index (χ1) is 12.9.